The second-order valence-corrected chi connectivity index (χ2v) is 4.59. The van der Waals surface area contributed by atoms with Crippen LogP contribution in [0.3, 0.4) is 0 Å². The molecule has 0 saturated heterocycles. The molecule has 0 aliphatic heterocycles. The van der Waals surface area contributed by atoms with E-state index < -0.39 is 0 Å². The van der Waals surface area contributed by atoms with Gasteiger partial charge < -0.3 is 0 Å². The SMILES string of the molecule is CC=C1CC(C=C(C)C)C1(C)C. The third-order valence-electron chi connectivity index (χ3n) is 3.08. The summed E-state index contributed by atoms with van der Waals surface area (Å²) >= 11 is 0. The van der Waals surface area contributed by atoms with E-state index in [1.54, 1.807) is 5.57 Å². The summed E-state index contributed by atoms with van der Waals surface area (Å²) in [5, 5.41) is 0. The van der Waals surface area contributed by atoms with E-state index in [1.807, 2.05) is 0 Å². The average molecular weight is 164 g/mol. The zero-order valence-corrected chi connectivity index (χ0v) is 8.94. The van der Waals surface area contributed by atoms with E-state index in [9.17, 15) is 0 Å². The molecule has 0 N–H and O–H groups in total. The van der Waals surface area contributed by atoms with Crippen molar-refractivity contribution in [2.45, 2.75) is 41.0 Å². The molecule has 0 aromatic rings. The first kappa shape index (κ1) is 9.57. The lowest BCUT2D eigenvalue weighted by Crippen LogP contribution is -2.36. The highest BCUT2D eigenvalue weighted by Gasteiger charge is 2.40. The molecule has 0 radical (unpaired) electrons. The van der Waals surface area contributed by atoms with E-state index in [0.717, 1.165) is 5.92 Å². The monoisotopic (exact) mass is 164 g/mol. The molecule has 12 heavy (non-hydrogen) atoms. The van der Waals surface area contributed by atoms with Crippen molar-refractivity contribution in [2.24, 2.45) is 11.3 Å². The summed E-state index contributed by atoms with van der Waals surface area (Å²) in [5.74, 6) is 0.772. The van der Waals surface area contributed by atoms with Crippen molar-refractivity contribution >= 4 is 0 Å². The molecule has 0 heterocycles. The maximum absolute atomic E-state index is 2.41. The third kappa shape index (κ3) is 1.48. The molecule has 0 aromatic carbocycles. The fourth-order valence-electron chi connectivity index (χ4n) is 2.02. The molecule has 1 aliphatic carbocycles. The summed E-state index contributed by atoms with van der Waals surface area (Å²) in [4.78, 5) is 0. The quantitative estimate of drug-likeness (QED) is 0.515. The Morgan fingerprint density at radius 3 is 2.33 bits per heavy atom. The number of hydrogen-bond acceptors (Lipinski definition) is 0. The maximum Gasteiger partial charge on any atom is -0.00787 e. The minimum atomic E-state index is 0.423. The maximum atomic E-state index is 2.41. The summed E-state index contributed by atoms with van der Waals surface area (Å²) in [6, 6.07) is 0. The van der Waals surface area contributed by atoms with Crippen LogP contribution in [-0.4, -0.2) is 0 Å². The molecule has 0 aromatic heterocycles. The van der Waals surface area contributed by atoms with E-state index in [4.69, 9.17) is 0 Å². The van der Waals surface area contributed by atoms with Crippen LogP contribution >= 0.6 is 0 Å². The molecule has 1 atom stereocenters. The van der Waals surface area contributed by atoms with Crippen LogP contribution in [0.5, 0.6) is 0 Å². The minimum absolute atomic E-state index is 0.423. The highest BCUT2D eigenvalue weighted by atomic mass is 14.4. The fourth-order valence-corrected chi connectivity index (χ4v) is 2.02. The lowest BCUT2D eigenvalue weighted by atomic mass is 9.58. The molecule has 1 aliphatic rings. The van der Waals surface area contributed by atoms with Crippen LogP contribution < -0.4 is 0 Å². The lowest BCUT2D eigenvalue weighted by molar-refractivity contribution is 0.215. The van der Waals surface area contributed by atoms with E-state index in [1.165, 1.54) is 12.0 Å². The Morgan fingerprint density at radius 2 is 2.00 bits per heavy atom. The molecular formula is C12H20. The van der Waals surface area contributed by atoms with Gasteiger partial charge in [-0.25, -0.2) is 0 Å². The van der Waals surface area contributed by atoms with Gasteiger partial charge in [-0.05, 0) is 38.5 Å². The second kappa shape index (κ2) is 3.08. The molecule has 1 fully saturated rings. The van der Waals surface area contributed by atoms with Crippen molar-refractivity contribution in [3.8, 4) is 0 Å². The Morgan fingerprint density at radius 1 is 1.42 bits per heavy atom. The van der Waals surface area contributed by atoms with Gasteiger partial charge in [-0.3, -0.25) is 0 Å². The van der Waals surface area contributed by atoms with Crippen molar-refractivity contribution in [1.29, 1.82) is 0 Å². The first-order chi connectivity index (χ1) is 5.48. The van der Waals surface area contributed by atoms with Crippen LogP contribution in [0.1, 0.15) is 41.0 Å². The largest absolute Gasteiger partial charge is 0.0879 e. The Hall–Kier alpha value is -0.520. The van der Waals surface area contributed by atoms with Crippen molar-refractivity contribution in [2.75, 3.05) is 0 Å². The number of rotatable bonds is 1. The van der Waals surface area contributed by atoms with Crippen molar-refractivity contribution < 1.29 is 0 Å². The van der Waals surface area contributed by atoms with Crippen LogP contribution in [0.4, 0.5) is 0 Å². The topological polar surface area (TPSA) is 0 Å². The molecule has 0 amide bonds. The fraction of sp³-hybridized carbons (Fsp3) is 0.667. The zero-order chi connectivity index (χ0) is 9.35. The number of hydrogen-bond donors (Lipinski definition) is 0. The van der Waals surface area contributed by atoms with Crippen LogP contribution in [-0.2, 0) is 0 Å². The summed E-state index contributed by atoms with van der Waals surface area (Å²) in [7, 11) is 0. The van der Waals surface area contributed by atoms with Gasteiger partial charge in [0, 0.05) is 0 Å². The van der Waals surface area contributed by atoms with Crippen molar-refractivity contribution in [3.05, 3.63) is 23.3 Å². The van der Waals surface area contributed by atoms with Crippen LogP contribution in [0.2, 0.25) is 0 Å². The van der Waals surface area contributed by atoms with Crippen molar-refractivity contribution in [3.63, 3.8) is 0 Å². The van der Waals surface area contributed by atoms with E-state index in [0.29, 0.717) is 5.41 Å². The predicted octanol–water partition coefficient (Wildman–Crippen LogP) is 3.95. The van der Waals surface area contributed by atoms with Crippen LogP contribution in [0, 0.1) is 11.3 Å². The van der Waals surface area contributed by atoms with Gasteiger partial charge in [-0.1, -0.05) is 37.1 Å². The van der Waals surface area contributed by atoms with Crippen LogP contribution in [0.15, 0.2) is 23.3 Å². The zero-order valence-electron chi connectivity index (χ0n) is 8.94. The number of allylic oxidation sites excluding steroid dienone is 4. The Kier molecular flexibility index (Phi) is 2.46. The van der Waals surface area contributed by atoms with Gasteiger partial charge in [0.1, 0.15) is 0 Å². The van der Waals surface area contributed by atoms with E-state index >= 15 is 0 Å². The van der Waals surface area contributed by atoms with Gasteiger partial charge >= 0.3 is 0 Å². The van der Waals surface area contributed by atoms with Gasteiger partial charge in [0.15, 0.2) is 0 Å². The van der Waals surface area contributed by atoms with Gasteiger partial charge in [-0.2, -0.15) is 0 Å². The average Bonchev–Trinajstić information content (AvgIpc) is 1.96. The Bertz CT molecular complexity index is 224. The van der Waals surface area contributed by atoms with Crippen molar-refractivity contribution in [1.82, 2.24) is 0 Å². The molecule has 1 unspecified atom stereocenters. The molecule has 0 spiro atoms. The summed E-state index contributed by atoms with van der Waals surface area (Å²) in [6.07, 6.45) is 5.96. The Balaban J connectivity index is 2.72. The molecule has 1 saturated carbocycles. The Labute approximate surface area is 76.4 Å². The van der Waals surface area contributed by atoms with E-state index in [2.05, 4.69) is 46.8 Å². The minimum Gasteiger partial charge on any atom is -0.0879 e. The predicted molar refractivity (Wildman–Crippen MR) is 55.1 cm³/mol. The first-order valence-corrected chi connectivity index (χ1v) is 4.79. The molecule has 0 bridgehead atoms. The van der Waals surface area contributed by atoms with Crippen LogP contribution in [0.25, 0.3) is 0 Å². The molecule has 1 rings (SSSR count). The molecular weight excluding hydrogens is 144 g/mol. The van der Waals surface area contributed by atoms with Gasteiger partial charge in [0.25, 0.3) is 0 Å². The summed E-state index contributed by atoms with van der Waals surface area (Å²) < 4.78 is 0. The molecule has 68 valence electrons. The van der Waals surface area contributed by atoms with Gasteiger partial charge in [0.05, 0.1) is 0 Å². The summed E-state index contributed by atoms with van der Waals surface area (Å²) in [6.45, 7) is 11.2. The highest BCUT2D eigenvalue weighted by Crippen LogP contribution is 2.51. The second-order valence-electron chi connectivity index (χ2n) is 4.59. The third-order valence-corrected chi connectivity index (χ3v) is 3.08. The normalized spacial score (nSPS) is 29.8. The first-order valence-electron chi connectivity index (χ1n) is 4.79. The smallest absolute Gasteiger partial charge is 0.00787 e. The van der Waals surface area contributed by atoms with E-state index in [-0.39, 0.29) is 0 Å². The molecule has 0 nitrogen and oxygen atoms in total. The van der Waals surface area contributed by atoms with Gasteiger partial charge in [-0.15, -0.1) is 0 Å². The standard InChI is InChI=1S/C12H20/c1-6-10-8-11(7-9(2)3)12(10,4)5/h6-7,11H,8H2,1-5H3. The lowest BCUT2D eigenvalue weighted by Gasteiger charge is -2.46. The summed E-state index contributed by atoms with van der Waals surface area (Å²) in [5.41, 5.74) is 3.49. The van der Waals surface area contributed by atoms with Gasteiger partial charge in [0.2, 0.25) is 0 Å². The molecule has 0 heteroatoms. The highest BCUT2D eigenvalue weighted by molar-refractivity contribution is 5.28.